The summed E-state index contributed by atoms with van der Waals surface area (Å²) in [6, 6.07) is 0. The maximum Gasteiger partial charge on any atom is 0.100 e. The van der Waals surface area contributed by atoms with Crippen molar-refractivity contribution in [3.63, 3.8) is 0 Å². The smallest absolute Gasteiger partial charge is 0.100 e. The second-order valence-electron chi connectivity index (χ2n) is 5.43. The van der Waals surface area contributed by atoms with E-state index in [0.29, 0.717) is 0 Å². The fraction of sp³-hybridized carbons (Fsp3) is 0.882. The molecule has 0 rings (SSSR count). The van der Waals surface area contributed by atoms with Crippen molar-refractivity contribution in [3.05, 3.63) is 12.7 Å². The lowest BCUT2D eigenvalue weighted by molar-refractivity contribution is 0.279. The minimum absolute atomic E-state index is 0.542. The summed E-state index contributed by atoms with van der Waals surface area (Å²) in [6.45, 7) is 5.93. The lowest BCUT2D eigenvalue weighted by atomic mass is 10.0. The number of allylic oxidation sites excluding steroid dienone is 1. The first kappa shape index (κ1) is 17.7. The number of alkyl halides is 1. The third kappa shape index (κ3) is 13.7. The second kappa shape index (κ2) is 14.7. The topological polar surface area (TPSA) is 0 Å². The van der Waals surface area contributed by atoms with Crippen molar-refractivity contribution in [2.75, 3.05) is 0 Å². The Labute approximate surface area is 114 Å². The summed E-state index contributed by atoms with van der Waals surface area (Å²) in [5, 5.41) is 0. The van der Waals surface area contributed by atoms with Crippen LogP contribution in [-0.4, -0.2) is 6.17 Å². The van der Waals surface area contributed by atoms with Crippen LogP contribution in [0.25, 0.3) is 0 Å². The number of rotatable bonds is 14. The van der Waals surface area contributed by atoms with Crippen molar-refractivity contribution >= 4 is 0 Å². The summed E-state index contributed by atoms with van der Waals surface area (Å²) in [4.78, 5) is 0. The van der Waals surface area contributed by atoms with Crippen LogP contribution in [0.3, 0.4) is 0 Å². The van der Waals surface area contributed by atoms with Gasteiger partial charge in [-0.25, -0.2) is 4.39 Å². The van der Waals surface area contributed by atoms with Crippen molar-refractivity contribution in [2.45, 2.75) is 96.6 Å². The molecule has 0 bridgehead atoms. The molecule has 0 radical (unpaired) electrons. The molecule has 0 amide bonds. The SMILES string of the molecule is C=CCCCCCCCC(F)CCCCCCC. The Kier molecular flexibility index (Phi) is 14.5. The van der Waals surface area contributed by atoms with Crippen molar-refractivity contribution < 1.29 is 4.39 Å². The Morgan fingerprint density at radius 2 is 1.33 bits per heavy atom. The minimum Gasteiger partial charge on any atom is -0.247 e. The van der Waals surface area contributed by atoms with Gasteiger partial charge >= 0.3 is 0 Å². The molecule has 0 aliphatic rings. The molecule has 0 aromatic heterocycles. The molecule has 0 aromatic rings. The maximum atomic E-state index is 13.5. The number of hydrogen-bond acceptors (Lipinski definition) is 0. The van der Waals surface area contributed by atoms with Gasteiger partial charge in [0.15, 0.2) is 0 Å². The normalized spacial score (nSPS) is 12.6. The monoisotopic (exact) mass is 256 g/mol. The van der Waals surface area contributed by atoms with Gasteiger partial charge in [0.1, 0.15) is 6.17 Å². The molecule has 18 heavy (non-hydrogen) atoms. The number of unbranched alkanes of at least 4 members (excludes halogenated alkanes) is 9. The van der Waals surface area contributed by atoms with Gasteiger partial charge in [-0.1, -0.05) is 70.8 Å². The van der Waals surface area contributed by atoms with Gasteiger partial charge in [-0.2, -0.15) is 0 Å². The molecule has 1 heteroatoms. The van der Waals surface area contributed by atoms with E-state index in [1.54, 1.807) is 0 Å². The van der Waals surface area contributed by atoms with E-state index in [4.69, 9.17) is 0 Å². The first-order chi connectivity index (χ1) is 8.81. The van der Waals surface area contributed by atoms with Gasteiger partial charge in [0, 0.05) is 0 Å². The van der Waals surface area contributed by atoms with Crippen LogP contribution in [0.4, 0.5) is 4.39 Å². The zero-order chi connectivity index (χ0) is 13.5. The van der Waals surface area contributed by atoms with Gasteiger partial charge in [-0.05, 0) is 25.7 Å². The predicted molar refractivity (Wildman–Crippen MR) is 80.8 cm³/mol. The van der Waals surface area contributed by atoms with E-state index in [-0.39, 0.29) is 0 Å². The van der Waals surface area contributed by atoms with Crippen LogP contribution >= 0.6 is 0 Å². The molecular formula is C17H33F. The Morgan fingerprint density at radius 3 is 1.89 bits per heavy atom. The fourth-order valence-electron chi connectivity index (χ4n) is 2.30. The maximum absolute atomic E-state index is 13.5. The molecule has 0 aromatic carbocycles. The summed E-state index contributed by atoms with van der Waals surface area (Å²) in [5.41, 5.74) is 0. The van der Waals surface area contributed by atoms with Gasteiger partial charge in [0.2, 0.25) is 0 Å². The van der Waals surface area contributed by atoms with Crippen LogP contribution in [0.2, 0.25) is 0 Å². The van der Waals surface area contributed by atoms with E-state index in [1.807, 2.05) is 6.08 Å². The number of hydrogen-bond donors (Lipinski definition) is 0. The Hall–Kier alpha value is -0.330. The van der Waals surface area contributed by atoms with Crippen LogP contribution in [0.5, 0.6) is 0 Å². The minimum atomic E-state index is -0.542. The second-order valence-corrected chi connectivity index (χ2v) is 5.43. The molecule has 0 spiro atoms. The molecule has 0 N–H and O–H groups in total. The van der Waals surface area contributed by atoms with Gasteiger partial charge < -0.3 is 0 Å². The first-order valence-electron chi connectivity index (χ1n) is 8.06. The van der Waals surface area contributed by atoms with E-state index in [9.17, 15) is 4.39 Å². The molecule has 1 atom stereocenters. The van der Waals surface area contributed by atoms with E-state index in [2.05, 4.69) is 13.5 Å². The van der Waals surface area contributed by atoms with Gasteiger partial charge in [0.25, 0.3) is 0 Å². The third-order valence-corrected chi connectivity index (χ3v) is 3.55. The zero-order valence-corrected chi connectivity index (χ0v) is 12.4. The zero-order valence-electron chi connectivity index (χ0n) is 12.4. The third-order valence-electron chi connectivity index (χ3n) is 3.55. The molecule has 108 valence electrons. The molecule has 0 saturated carbocycles. The highest BCUT2D eigenvalue weighted by molar-refractivity contribution is 4.65. The van der Waals surface area contributed by atoms with E-state index in [0.717, 1.165) is 32.1 Å². The van der Waals surface area contributed by atoms with Crippen LogP contribution in [-0.2, 0) is 0 Å². The molecular weight excluding hydrogens is 223 g/mol. The van der Waals surface area contributed by atoms with Crippen molar-refractivity contribution in [3.8, 4) is 0 Å². The lowest BCUT2D eigenvalue weighted by Gasteiger charge is -2.07. The predicted octanol–water partition coefficient (Wildman–Crippen LogP) is 6.60. The lowest BCUT2D eigenvalue weighted by Crippen LogP contribution is -1.99. The van der Waals surface area contributed by atoms with E-state index < -0.39 is 6.17 Å². The quantitative estimate of drug-likeness (QED) is 0.242. The van der Waals surface area contributed by atoms with E-state index in [1.165, 1.54) is 51.4 Å². The summed E-state index contributed by atoms with van der Waals surface area (Å²) < 4.78 is 13.5. The molecule has 0 heterocycles. The average molecular weight is 256 g/mol. The van der Waals surface area contributed by atoms with Gasteiger partial charge in [0.05, 0.1) is 0 Å². The standard InChI is InChI=1S/C17H33F/c1-3-5-7-9-10-12-14-16-17(18)15-13-11-8-6-4-2/h3,17H,1,4-16H2,2H3. The van der Waals surface area contributed by atoms with Crippen molar-refractivity contribution in [1.29, 1.82) is 0 Å². The summed E-state index contributed by atoms with van der Waals surface area (Å²) in [5.74, 6) is 0. The summed E-state index contributed by atoms with van der Waals surface area (Å²) in [7, 11) is 0. The Balaban J connectivity index is 3.11. The Bertz CT molecular complexity index is 165. The summed E-state index contributed by atoms with van der Waals surface area (Å²) >= 11 is 0. The number of halogens is 1. The van der Waals surface area contributed by atoms with Crippen LogP contribution in [0.15, 0.2) is 12.7 Å². The molecule has 0 aliphatic carbocycles. The molecule has 1 unspecified atom stereocenters. The summed E-state index contributed by atoms with van der Waals surface area (Å²) in [6.07, 6.45) is 16.4. The van der Waals surface area contributed by atoms with Gasteiger partial charge in [-0.3, -0.25) is 0 Å². The van der Waals surface area contributed by atoms with Crippen LogP contribution < -0.4 is 0 Å². The fourth-order valence-corrected chi connectivity index (χ4v) is 2.30. The van der Waals surface area contributed by atoms with Crippen molar-refractivity contribution in [2.24, 2.45) is 0 Å². The average Bonchev–Trinajstić information content (AvgIpc) is 2.37. The Morgan fingerprint density at radius 1 is 0.833 bits per heavy atom. The molecule has 0 saturated heterocycles. The highest BCUT2D eigenvalue weighted by atomic mass is 19.1. The molecule has 0 aliphatic heterocycles. The highest BCUT2D eigenvalue weighted by Gasteiger charge is 2.05. The largest absolute Gasteiger partial charge is 0.247 e. The first-order valence-corrected chi connectivity index (χ1v) is 8.06. The highest BCUT2D eigenvalue weighted by Crippen LogP contribution is 2.16. The van der Waals surface area contributed by atoms with Crippen molar-refractivity contribution in [1.82, 2.24) is 0 Å². The van der Waals surface area contributed by atoms with Crippen LogP contribution in [0, 0.1) is 0 Å². The van der Waals surface area contributed by atoms with E-state index >= 15 is 0 Å². The van der Waals surface area contributed by atoms with Crippen LogP contribution in [0.1, 0.15) is 90.4 Å². The molecule has 0 nitrogen and oxygen atoms in total. The molecule has 0 fully saturated rings. The van der Waals surface area contributed by atoms with Gasteiger partial charge in [-0.15, -0.1) is 6.58 Å².